The van der Waals surface area contributed by atoms with E-state index in [1.165, 1.54) is 7.11 Å². The van der Waals surface area contributed by atoms with E-state index in [0.717, 1.165) is 5.56 Å². The molecule has 5 nitrogen and oxygen atoms in total. The average Bonchev–Trinajstić information content (AvgIpc) is 2.28. The summed E-state index contributed by atoms with van der Waals surface area (Å²) >= 11 is 0. The van der Waals surface area contributed by atoms with Gasteiger partial charge in [0.1, 0.15) is 0 Å². The Labute approximate surface area is 99.9 Å². The van der Waals surface area contributed by atoms with E-state index in [1.54, 1.807) is 18.2 Å². The lowest BCUT2D eigenvalue weighted by Gasteiger charge is -2.07. The van der Waals surface area contributed by atoms with Gasteiger partial charge in [-0.25, -0.2) is 0 Å². The van der Waals surface area contributed by atoms with Crippen LogP contribution in [0.25, 0.3) is 0 Å². The fraction of sp³-hybridized carbons (Fsp3) is 0.333. The van der Waals surface area contributed by atoms with Crippen LogP contribution in [0.3, 0.4) is 0 Å². The first-order valence-corrected chi connectivity index (χ1v) is 5.25. The number of methoxy groups -OCH3 is 1. The van der Waals surface area contributed by atoms with E-state index in [1.807, 2.05) is 6.92 Å². The number of benzene rings is 1. The van der Waals surface area contributed by atoms with Crippen molar-refractivity contribution >= 4 is 17.6 Å². The van der Waals surface area contributed by atoms with E-state index in [2.05, 4.69) is 10.1 Å². The first-order valence-electron chi connectivity index (χ1n) is 5.25. The SMILES string of the molecule is COC(=O)CCNC(=O)c1ccc(N)cc1C. The highest BCUT2D eigenvalue weighted by Crippen LogP contribution is 2.12. The smallest absolute Gasteiger partial charge is 0.307 e. The lowest BCUT2D eigenvalue weighted by atomic mass is 10.1. The molecular weight excluding hydrogens is 220 g/mol. The third-order valence-electron chi connectivity index (χ3n) is 2.34. The molecule has 17 heavy (non-hydrogen) atoms. The highest BCUT2D eigenvalue weighted by molar-refractivity contribution is 5.96. The number of nitrogen functional groups attached to an aromatic ring is 1. The first kappa shape index (κ1) is 13.0. The van der Waals surface area contributed by atoms with Gasteiger partial charge in [-0.3, -0.25) is 9.59 Å². The van der Waals surface area contributed by atoms with Gasteiger partial charge in [-0.1, -0.05) is 0 Å². The lowest BCUT2D eigenvalue weighted by Crippen LogP contribution is -2.27. The fourth-order valence-corrected chi connectivity index (χ4v) is 1.42. The molecule has 0 saturated heterocycles. The Morgan fingerprint density at radius 3 is 2.71 bits per heavy atom. The van der Waals surface area contributed by atoms with Crippen molar-refractivity contribution in [1.82, 2.24) is 5.32 Å². The number of ether oxygens (including phenoxy) is 1. The minimum Gasteiger partial charge on any atom is -0.469 e. The maximum Gasteiger partial charge on any atom is 0.307 e. The Balaban J connectivity index is 2.55. The highest BCUT2D eigenvalue weighted by atomic mass is 16.5. The van der Waals surface area contributed by atoms with Gasteiger partial charge >= 0.3 is 5.97 Å². The molecular formula is C12H16N2O3. The van der Waals surface area contributed by atoms with Gasteiger partial charge in [0.05, 0.1) is 13.5 Å². The molecule has 0 fully saturated rings. The van der Waals surface area contributed by atoms with E-state index in [9.17, 15) is 9.59 Å². The summed E-state index contributed by atoms with van der Waals surface area (Å²) in [7, 11) is 1.31. The molecule has 0 atom stereocenters. The second-order valence-electron chi connectivity index (χ2n) is 3.66. The van der Waals surface area contributed by atoms with Crippen LogP contribution >= 0.6 is 0 Å². The number of nitrogens with two attached hydrogens (primary N) is 1. The zero-order chi connectivity index (χ0) is 12.8. The largest absolute Gasteiger partial charge is 0.469 e. The van der Waals surface area contributed by atoms with E-state index < -0.39 is 0 Å². The minimum absolute atomic E-state index is 0.163. The maximum atomic E-state index is 11.7. The van der Waals surface area contributed by atoms with Crippen LogP contribution < -0.4 is 11.1 Å². The molecule has 3 N–H and O–H groups in total. The molecule has 0 radical (unpaired) electrons. The van der Waals surface area contributed by atoms with Crippen molar-refractivity contribution in [3.63, 3.8) is 0 Å². The van der Waals surface area contributed by atoms with Gasteiger partial charge < -0.3 is 15.8 Å². The van der Waals surface area contributed by atoms with Crippen molar-refractivity contribution < 1.29 is 14.3 Å². The standard InChI is InChI=1S/C12H16N2O3/c1-8-7-9(13)3-4-10(8)12(16)14-6-5-11(15)17-2/h3-4,7H,5-6,13H2,1-2H3,(H,14,16). The quantitative estimate of drug-likeness (QED) is 0.600. The third kappa shape index (κ3) is 3.79. The predicted octanol–water partition coefficient (Wildman–Crippen LogP) is 0.870. The van der Waals surface area contributed by atoms with E-state index >= 15 is 0 Å². The van der Waals surface area contributed by atoms with Gasteiger partial charge in [0, 0.05) is 17.8 Å². The molecule has 1 aromatic carbocycles. The summed E-state index contributed by atoms with van der Waals surface area (Å²) in [6.07, 6.45) is 0.163. The molecule has 0 saturated carbocycles. The van der Waals surface area contributed by atoms with Gasteiger partial charge in [-0.2, -0.15) is 0 Å². The highest BCUT2D eigenvalue weighted by Gasteiger charge is 2.09. The third-order valence-corrected chi connectivity index (χ3v) is 2.34. The molecule has 0 aliphatic rings. The fourth-order valence-electron chi connectivity index (χ4n) is 1.42. The van der Waals surface area contributed by atoms with Crippen LogP contribution in [0.15, 0.2) is 18.2 Å². The molecule has 5 heteroatoms. The molecule has 1 rings (SSSR count). The Kier molecular flexibility index (Phi) is 4.51. The monoisotopic (exact) mass is 236 g/mol. The first-order chi connectivity index (χ1) is 8.04. The average molecular weight is 236 g/mol. The summed E-state index contributed by atoms with van der Waals surface area (Å²) in [6.45, 7) is 2.07. The Hall–Kier alpha value is -2.04. The summed E-state index contributed by atoms with van der Waals surface area (Å²) in [6, 6.07) is 5.07. The van der Waals surface area contributed by atoms with E-state index in [-0.39, 0.29) is 24.8 Å². The van der Waals surface area contributed by atoms with Crippen molar-refractivity contribution in [2.24, 2.45) is 0 Å². The predicted molar refractivity (Wildman–Crippen MR) is 64.6 cm³/mol. The van der Waals surface area contributed by atoms with Crippen LogP contribution in [0, 0.1) is 6.92 Å². The molecule has 0 aliphatic carbocycles. The zero-order valence-corrected chi connectivity index (χ0v) is 9.95. The molecule has 92 valence electrons. The number of nitrogens with one attached hydrogen (secondary N) is 1. The number of carbonyl (C=O) groups is 2. The van der Waals surface area contributed by atoms with E-state index in [4.69, 9.17) is 5.73 Å². The van der Waals surface area contributed by atoms with Crippen molar-refractivity contribution in [2.75, 3.05) is 19.4 Å². The van der Waals surface area contributed by atoms with Gasteiger partial charge in [-0.15, -0.1) is 0 Å². The summed E-state index contributed by atoms with van der Waals surface area (Å²) in [4.78, 5) is 22.6. The number of rotatable bonds is 4. The molecule has 0 bridgehead atoms. The Morgan fingerprint density at radius 1 is 1.41 bits per heavy atom. The summed E-state index contributed by atoms with van der Waals surface area (Å²) < 4.78 is 4.47. The molecule has 1 amide bonds. The Morgan fingerprint density at radius 2 is 2.12 bits per heavy atom. The lowest BCUT2D eigenvalue weighted by molar-refractivity contribution is -0.140. The maximum absolute atomic E-state index is 11.7. The number of hydrogen-bond acceptors (Lipinski definition) is 4. The van der Waals surface area contributed by atoms with Crippen LogP contribution in [0.2, 0.25) is 0 Å². The van der Waals surface area contributed by atoms with Crippen molar-refractivity contribution in [3.05, 3.63) is 29.3 Å². The van der Waals surface area contributed by atoms with Gasteiger partial charge in [0.2, 0.25) is 0 Å². The van der Waals surface area contributed by atoms with Crippen LogP contribution in [0.5, 0.6) is 0 Å². The summed E-state index contributed by atoms with van der Waals surface area (Å²) in [5.41, 5.74) is 7.58. The molecule has 0 spiro atoms. The second-order valence-corrected chi connectivity index (χ2v) is 3.66. The van der Waals surface area contributed by atoms with Crippen molar-refractivity contribution in [2.45, 2.75) is 13.3 Å². The second kappa shape index (κ2) is 5.89. The van der Waals surface area contributed by atoms with E-state index in [0.29, 0.717) is 11.3 Å². The Bertz CT molecular complexity index is 430. The molecule has 0 heterocycles. The molecule has 0 unspecified atom stereocenters. The van der Waals surface area contributed by atoms with Gasteiger partial charge in [0.25, 0.3) is 5.91 Å². The number of aryl methyl sites for hydroxylation is 1. The van der Waals surface area contributed by atoms with Gasteiger partial charge in [0.15, 0.2) is 0 Å². The normalized spacial score (nSPS) is 9.76. The topological polar surface area (TPSA) is 81.4 Å². The number of carbonyl (C=O) groups excluding carboxylic acids is 2. The molecule has 0 aromatic heterocycles. The van der Waals surface area contributed by atoms with Crippen LogP contribution in [0.1, 0.15) is 22.3 Å². The molecule has 1 aromatic rings. The number of hydrogen-bond donors (Lipinski definition) is 2. The number of esters is 1. The summed E-state index contributed by atoms with van der Waals surface area (Å²) in [5, 5.41) is 2.64. The van der Waals surface area contributed by atoms with Crippen LogP contribution in [0.4, 0.5) is 5.69 Å². The van der Waals surface area contributed by atoms with Crippen molar-refractivity contribution in [1.29, 1.82) is 0 Å². The number of anilines is 1. The zero-order valence-electron chi connectivity index (χ0n) is 9.95. The van der Waals surface area contributed by atoms with Gasteiger partial charge in [-0.05, 0) is 30.7 Å². The van der Waals surface area contributed by atoms with Crippen LogP contribution in [-0.2, 0) is 9.53 Å². The van der Waals surface area contributed by atoms with Crippen LogP contribution in [-0.4, -0.2) is 25.5 Å². The summed E-state index contributed by atoms with van der Waals surface area (Å²) in [5.74, 6) is -0.564. The molecule has 0 aliphatic heterocycles. The van der Waals surface area contributed by atoms with Crippen molar-refractivity contribution in [3.8, 4) is 0 Å². The number of amides is 1. The minimum atomic E-state index is -0.348.